The van der Waals surface area contributed by atoms with Gasteiger partial charge >= 0.3 is 0 Å². The molecule has 188 valence electrons. The molecule has 1 saturated heterocycles. The van der Waals surface area contributed by atoms with Crippen LogP contribution in [0.5, 0.6) is 0 Å². The Kier molecular flexibility index (Phi) is 6.62. The van der Waals surface area contributed by atoms with E-state index in [1.54, 1.807) is 10.9 Å². The van der Waals surface area contributed by atoms with E-state index < -0.39 is 0 Å². The highest BCUT2D eigenvalue weighted by molar-refractivity contribution is 5.92. The summed E-state index contributed by atoms with van der Waals surface area (Å²) in [7, 11) is 1.85. The van der Waals surface area contributed by atoms with Crippen LogP contribution in [0.15, 0.2) is 54.9 Å². The largest absolute Gasteiger partial charge is 0.370 e. The van der Waals surface area contributed by atoms with Gasteiger partial charge in [0.1, 0.15) is 0 Å². The summed E-state index contributed by atoms with van der Waals surface area (Å²) < 4.78 is 8.38. The van der Waals surface area contributed by atoms with Crippen molar-refractivity contribution in [2.75, 3.05) is 13.1 Å². The predicted molar refractivity (Wildman–Crippen MR) is 135 cm³/mol. The molecule has 1 aromatic carbocycles. The number of rotatable bonds is 6. The molecule has 0 saturated carbocycles. The molecular weight excluding hydrogens is 454 g/mol. The van der Waals surface area contributed by atoms with Crippen molar-refractivity contribution >= 4 is 11.8 Å². The molecule has 1 N–H and O–H groups in total. The summed E-state index contributed by atoms with van der Waals surface area (Å²) in [5.74, 6) is -0.0385. The lowest BCUT2D eigenvalue weighted by Crippen LogP contribution is -2.52. The van der Waals surface area contributed by atoms with Crippen molar-refractivity contribution in [2.24, 2.45) is 7.05 Å². The number of carbonyl (C=O) groups is 2. The molecular formula is C28H33N5O3. The lowest BCUT2D eigenvalue weighted by Gasteiger charge is -2.44. The van der Waals surface area contributed by atoms with Crippen LogP contribution in [0.25, 0.3) is 0 Å². The highest BCUT2D eigenvalue weighted by atomic mass is 16.5. The van der Waals surface area contributed by atoms with Gasteiger partial charge in [-0.1, -0.05) is 37.3 Å². The quantitative estimate of drug-likeness (QED) is 0.575. The minimum Gasteiger partial charge on any atom is -0.370 e. The molecule has 3 heterocycles. The molecule has 8 nitrogen and oxygen atoms in total. The minimum absolute atomic E-state index is 0.0000311. The molecule has 2 amide bonds. The first-order valence-electron chi connectivity index (χ1n) is 12.6. The number of pyridine rings is 1. The molecule has 0 bridgehead atoms. The molecule has 3 aromatic rings. The number of hydrogen-bond acceptors (Lipinski definition) is 5. The van der Waals surface area contributed by atoms with Gasteiger partial charge in [-0.25, -0.2) is 0 Å². The third-order valence-electron chi connectivity index (χ3n) is 7.75. The average molecular weight is 488 g/mol. The van der Waals surface area contributed by atoms with Crippen molar-refractivity contribution < 1.29 is 14.3 Å². The van der Waals surface area contributed by atoms with Crippen molar-refractivity contribution in [2.45, 2.75) is 57.3 Å². The van der Waals surface area contributed by atoms with E-state index in [1.165, 1.54) is 5.56 Å². The average Bonchev–Trinajstić information content (AvgIpc) is 3.37. The lowest BCUT2D eigenvalue weighted by atomic mass is 9.71. The smallest absolute Gasteiger partial charge is 0.274 e. The second kappa shape index (κ2) is 9.85. The molecule has 2 aliphatic rings. The first kappa shape index (κ1) is 24.2. The SMILES string of the molecule is CCC(=O)N[C@@H]1c2ccccc2C2(CCN(C(=O)c3cc(C)n(C)n3)CC2)[C@H]1OCc1cccnc1. The molecule has 2 aromatic heterocycles. The van der Waals surface area contributed by atoms with E-state index in [1.807, 2.05) is 56.3 Å². The number of aromatic nitrogens is 3. The van der Waals surface area contributed by atoms with Crippen LogP contribution in [0.1, 0.15) is 65.1 Å². The van der Waals surface area contributed by atoms with Crippen LogP contribution < -0.4 is 5.32 Å². The van der Waals surface area contributed by atoms with Crippen LogP contribution in [-0.2, 0) is 28.6 Å². The van der Waals surface area contributed by atoms with Gasteiger partial charge in [0.2, 0.25) is 5.91 Å². The molecule has 2 atom stereocenters. The Bertz CT molecular complexity index is 1230. The molecule has 5 rings (SSSR count). The van der Waals surface area contributed by atoms with E-state index in [0.29, 0.717) is 31.8 Å². The van der Waals surface area contributed by atoms with Crippen LogP contribution >= 0.6 is 0 Å². The summed E-state index contributed by atoms with van der Waals surface area (Å²) in [4.78, 5) is 31.9. The van der Waals surface area contributed by atoms with Gasteiger partial charge in [0, 0.05) is 50.1 Å². The number of carbonyl (C=O) groups excluding carboxylic acids is 2. The van der Waals surface area contributed by atoms with Crippen LogP contribution in [0, 0.1) is 6.92 Å². The van der Waals surface area contributed by atoms with Gasteiger partial charge in [0.25, 0.3) is 5.91 Å². The van der Waals surface area contributed by atoms with E-state index in [2.05, 4.69) is 33.6 Å². The Hall–Kier alpha value is -3.52. The van der Waals surface area contributed by atoms with Crippen LogP contribution in [-0.4, -0.2) is 50.7 Å². The van der Waals surface area contributed by atoms with Crippen molar-refractivity contribution in [3.8, 4) is 0 Å². The molecule has 1 spiro atoms. The summed E-state index contributed by atoms with van der Waals surface area (Å²) in [5.41, 5.74) is 4.44. The second-order valence-electron chi connectivity index (χ2n) is 9.82. The van der Waals surface area contributed by atoms with E-state index in [4.69, 9.17) is 4.74 Å². The van der Waals surface area contributed by atoms with Crippen molar-refractivity contribution in [1.82, 2.24) is 25.0 Å². The number of nitrogens with one attached hydrogen (secondary N) is 1. The molecule has 0 unspecified atom stereocenters. The summed E-state index contributed by atoms with van der Waals surface area (Å²) in [6.45, 7) is 5.41. The van der Waals surface area contributed by atoms with E-state index in [0.717, 1.165) is 29.7 Å². The molecule has 8 heteroatoms. The third kappa shape index (κ3) is 4.30. The number of piperidine rings is 1. The maximum Gasteiger partial charge on any atom is 0.274 e. The maximum atomic E-state index is 13.2. The molecule has 1 aliphatic carbocycles. The van der Waals surface area contributed by atoms with Gasteiger partial charge in [0.15, 0.2) is 5.69 Å². The first-order chi connectivity index (χ1) is 17.4. The molecule has 1 aliphatic heterocycles. The highest BCUT2D eigenvalue weighted by Crippen LogP contribution is 2.52. The number of fused-ring (bicyclic) bond motifs is 2. The highest BCUT2D eigenvalue weighted by Gasteiger charge is 2.54. The number of nitrogens with zero attached hydrogens (tertiary/aromatic N) is 4. The number of hydrogen-bond donors (Lipinski definition) is 1. The zero-order chi connectivity index (χ0) is 25.3. The summed E-state index contributed by atoms with van der Waals surface area (Å²) in [6, 6.07) is 13.8. The number of ether oxygens (including phenoxy) is 1. The number of amides is 2. The Morgan fingerprint density at radius 2 is 1.94 bits per heavy atom. The summed E-state index contributed by atoms with van der Waals surface area (Å²) in [5, 5.41) is 7.63. The zero-order valence-electron chi connectivity index (χ0n) is 21.1. The number of benzene rings is 1. The molecule has 0 radical (unpaired) electrons. The summed E-state index contributed by atoms with van der Waals surface area (Å²) >= 11 is 0. The minimum atomic E-state index is -0.304. The molecule has 36 heavy (non-hydrogen) atoms. The number of aryl methyl sites for hydroxylation is 2. The normalized spacial score (nSPS) is 20.4. The first-order valence-corrected chi connectivity index (χ1v) is 12.6. The van der Waals surface area contributed by atoms with E-state index in [-0.39, 0.29) is 29.4 Å². The van der Waals surface area contributed by atoms with Gasteiger partial charge in [-0.2, -0.15) is 5.10 Å². The lowest BCUT2D eigenvalue weighted by molar-refractivity contribution is -0.123. The van der Waals surface area contributed by atoms with Gasteiger partial charge in [0.05, 0.1) is 18.8 Å². The van der Waals surface area contributed by atoms with Crippen LogP contribution in [0.3, 0.4) is 0 Å². The van der Waals surface area contributed by atoms with Gasteiger partial charge in [-0.15, -0.1) is 0 Å². The standard InChI is InChI=1S/C28H33N5O3/c1-4-24(34)30-25-21-9-5-6-10-22(21)28(26(25)36-18-20-8-7-13-29-17-20)11-14-33(15-12-28)27(35)23-16-19(2)32(3)31-23/h5-10,13,16-17,25-26H,4,11-12,14-15,18H2,1-3H3,(H,30,34)/t25-,26+/m1/s1. The van der Waals surface area contributed by atoms with Crippen LogP contribution in [0.2, 0.25) is 0 Å². The summed E-state index contributed by atoms with van der Waals surface area (Å²) in [6.07, 6.45) is 5.21. The van der Waals surface area contributed by atoms with Crippen LogP contribution in [0.4, 0.5) is 0 Å². The van der Waals surface area contributed by atoms with Gasteiger partial charge < -0.3 is 15.0 Å². The van der Waals surface area contributed by atoms with E-state index >= 15 is 0 Å². The zero-order valence-corrected chi connectivity index (χ0v) is 21.1. The second-order valence-corrected chi connectivity index (χ2v) is 9.82. The topological polar surface area (TPSA) is 89.4 Å². The number of likely N-dealkylation sites (tertiary alicyclic amines) is 1. The van der Waals surface area contributed by atoms with Gasteiger partial charge in [-0.05, 0) is 48.6 Å². The fourth-order valence-corrected chi connectivity index (χ4v) is 5.70. The van der Waals surface area contributed by atoms with Crippen molar-refractivity contribution in [3.05, 3.63) is 82.9 Å². The maximum absolute atomic E-state index is 13.2. The Labute approximate surface area is 211 Å². The van der Waals surface area contributed by atoms with Crippen molar-refractivity contribution in [1.29, 1.82) is 0 Å². The van der Waals surface area contributed by atoms with Gasteiger partial charge in [-0.3, -0.25) is 19.3 Å². The van der Waals surface area contributed by atoms with Crippen molar-refractivity contribution in [3.63, 3.8) is 0 Å². The third-order valence-corrected chi connectivity index (χ3v) is 7.75. The fourth-order valence-electron chi connectivity index (χ4n) is 5.70. The Balaban J connectivity index is 1.44. The monoisotopic (exact) mass is 487 g/mol. The molecule has 1 fully saturated rings. The predicted octanol–water partition coefficient (Wildman–Crippen LogP) is 3.46. The fraction of sp³-hybridized carbons (Fsp3) is 0.429. The Morgan fingerprint density at radius 1 is 1.17 bits per heavy atom. The Morgan fingerprint density at radius 3 is 2.61 bits per heavy atom. The van der Waals surface area contributed by atoms with E-state index in [9.17, 15) is 9.59 Å².